The summed E-state index contributed by atoms with van der Waals surface area (Å²) in [5, 5.41) is 40.0. The first-order valence-corrected chi connectivity index (χ1v) is 24.5. The Bertz CT molecular complexity index is 3200. The number of nitro groups is 2. The van der Waals surface area contributed by atoms with Gasteiger partial charge in [-0.15, -0.1) is 12.4 Å². The van der Waals surface area contributed by atoms with E-state index < -0.39 is 57.4 Å². The fourth-order valence-corrected chi connectivity index (χ4v) is 9.68. The van der Waals surface area contributed by atoms with E-state index in [0.717, 1.165) is 111 Å². The Hall–Kier alpha value is -7.52. The molecule has 10 rings (SSSR count). The van der Waals surface area contributed by atoms with E-state index in [1.165, 1.54) is 16.7 Å². The minimum atomic E-state index is -1.45. The molecule has 0 aliphatic heterocycles. The lowest BCUT2D eigenvalue weighted by atomic mass is 9.91. The predicted molar refractivity (Wildman–Crippen MR) is 287 cm³/mol. The van der Waals surface area contributed by atoms with Crippen molar-refractivity contribution in [3.05, 3.63) is 196 Å². The van der Waals surface area contributed by atoms with Gasteiger partial charge < -0.3 is 26.8 Å². The van der Waals surface area contributed by atoms with Crippen LogP contribution in [-0.4, -0.2) is 78.1 Å². The van der Waals surface area contributed by atoms with Gasteiger partial charge in [-0.25, -0.2) is 33.5 Å². The zero-order valence-corrected chi connectivity index (χ0v) is 42.8. The van der Waals surface area contributed by atoms with E-state index in [9.17, 15) is 43.0 Å². The van der Waals surface area contributed by atoms with Gasteiger partial charge >= 0.3 is 5.97 Å². The summed E-state index contributed by atoms with van der Waals surface area (Å²) in [6.45, 7) is 0. The normalized spacial score (nSPS) is 18.0. The number of allylic oxidation sites excluding steroid dienone is 2. The zero-order valence-electron chi connectivity index (χ0n) is 41.4. The highest BCUT2D eigenvalue weighted by molar-refractivity contribution is 6.32. The second-order valence-electron chi connectivity index (χ2n) is 17.8. The number of anilines is 2. The molecule has 76 heavy (non-hydrogen) atoms. The Morgan fingerprint density at radius 3 is 1.62 bits per heavy atom. The number of carbonyl (C=O) groups is 2. The van der Waals surface area contributed by atoms with Gasteiger partial charge in [-0.3, -0.25) is 29.4 Å². The molecule has 0 radical (unpaired) electrons. The largest absolute Gasteiger partial charge is 0.478 e. The second-order valence-corrected chi connectivity index (χ2v) is 18.6. The van der Waals surface area contributed by atoms with Crippen molar-refractivity contribution in [2.24, 2.45) is 5.73 Å². The lowest BCUT2D eigenvalue weighted by molar-refractivity contribution is -0.385. The number of carboxylic acids is 1. The molecular weight excluding hydrogens is 1050 g/mol. The third-order valence-electron chi connectivity index (χ3n) is 12.9. The number of halogens is 6. The number of fused-ring (bicyclic) bond motifs is 2. The second kappa shape index (κ2) is 26.8. The third kappa shape index (κ3) is 14.4. The Morgan fingerprint density at radius 2 is 1.16 bits per heavy atom. The molecule has 4 aromatic carbocycles. The van der Waals surface area contributed by atoms with Gasteiger partial charge in [-0.1, -0.05) is 83.9 Å². The number of non-ortho nitro benzene ring substituents is 2. The molecule has 1 amide bonds. The van der Waals surface area contributed by atoms with Gasteiger partial charge in [0.05, 0.1) is 75.5 Å². The minimum absolute atomic E-state index is 0. The maximum Gasteiger partial charge on any atom is 0.338 e. The van der Waals surface area contributed by atoms with Gasteiger partial charge in [0, 0.05) is 47.4 Å². The van der Waals surface area contributed by atoms with Crippen LogP contribution in [0.3, 0.4) is 0 Å². The number of carboxylic acid groups (broad SMARTS) is 1. The van der Waals surface area contributed by atoms with Gasteiger partial charge in [-0.05, 0) is 98.6 Å². The van der Waals surface area contributed by atoms with Crippen molar-refractivity contribution in [2.75, 3.05) is 17.8 Å². The number of alkyl halides is 1. The summed E-state index contributed by atoms with van der Waals surface area (Å²) in [7, 11) is -1.00. The monoisotopic (exact) mass is 1100 g/mol. The smallest absolute Gasteiger partial charge is 0.338 e. The fraction of sp³-hybridized carbons (Fsp3) is 0.283. The van der Waals surface area contributed by atoms with Crippen LogP contribution in [0.5, 0.6) is 0 Å². The molecule has 0 spiro atoms. The number of aromatic nitrogens is 4. The van der Waals surface area contributed by atoms with Crippen molar-refractivity contribution < 1.29 is 39.1 Å². The zero-order chi connectivity index (χ0) is 54.5. The molecule has 0 bridgehead atoms. The molecule has 4 aliphatic carbocycles. The molecule has 23 heteroatoms. The number of nitrogens with zero attached hydrogens (tertiary/aromatic N) is 6. The number of nitrogens with one attached hydrogen (secondary N) is 3. The topological polar surface area (TPSA) is 254 Å². The van der Waals surface area contributed by atoms with Crippen LogP contribution in [0.4, 0.5) is 36.4 Å². The van der Waals surface area contributed by atoms with Crippen molar-refractivity contribution in [1.82, 2.24) is 25.3 Å². The van der Waals surface area contributed by atoms with Gasteiger partial charge in [0.2, 0.25) is 11.9 Å². The molecule has 2 saturated carbocycles. The molecule has 6 N–H and O–H groups in total. The van der Waals surface area contributed by atoms with Gasteiger partial charge in [0.15, 0.2) is 0 Å². The van der Waals surface area contributed by atoms with E-state index >= 15 is 0 Å². The Labute approximate surface area is 452 Å². The number of benzene rings is 4. The molecular formula is C53H52Cl3F3N10O7. The lowest BCUT2D eigenvalue weighted by Gasteiger charge is -2.30. The number of nitro benzene ring substituents is 2. The molecule has 2 fully saturated rings. The molecule has 4 aliphatic rings. The van der Waals surface area contributed by atoms with Crippen LogP contribution >= 0.6 is 35.6 Å². The van der Waals surface area contributed by atoms with E-state index in [0.29, 0.717) is 46.2 Å². The predicted octanol–water partition coefficient (Wildman–Crippen LogP) is 11.6. The maximum atomic E-state index is 14.3. The molecule has 2 aromatic heterocycles. The number of hydrogen-bond donors (Lipinski definition) is 5. The third-order valence-corrected chi connectivity index (χ3v) is 13.4. The fourth-order valence-electron chi connectivity index (χ4n) is 9.30. The molecule has 2 heterocycles. The van der Waals surface area contributed by atoms with E-state index in [1.54, 1.807) is 12.4 Å². The number of hydrogen-bond acceptors (Lipinski definition) is 13. The van der Waals surface area contributed by atoms with Gasteiger partial charge in [0.25, 0.3) is 17.3 Å². The minimum Gasteiger partial charge on any atom is -0.478 e. The highest BCUT2D eigenvalue weighted by Gasteiger charge is 2.28. The molecule has 0 unspecified atom stereocenters. The summed E-state index contributed by atoms with van der Waals surface area (Å²) in [6.07, 6.45) is 16.7. The van der Waals surface area contributed by atoms with E-state index in [2.05, 4.69) is 74.5 Å². The Morgan fingerprint density at radius 1 is 0.711 bits per heavy atom. The summed E-state index contributed by atoms with van der Waals surface area (Å²) in [4.78, 5) is 60.5. The molecule has 4 atom stereocenters. The Balaban J connectivity index is 0.000000201. The number of carbonyl (C=O) groups excluding carboxylic acids is 1. The van der Waals surface area contributed by atoms with Crippen LogP contribution < -0.4 is 21.7 Å². The average molecular weight is 1110 g/mol. The van der Waals surface area contributed by atoms with Crippen LogP contribution in [0.15, 0.2) is 109 Å². The maximum absolute atomic E-state index is 14.3. The van der Waals surface area contributed by atoms with Crippen LogP contribution in [0.2, 0.25) is 10.0 Å². The van der Waals surface area contributed by atoms with Crippen LogP contribution in [0, 0.1) is 31.9 Å². The first kappa shape index (κ1) is 56.2. The first-order chi connectivity index (χ1) is 36.5. The Kier molecular flexibility index (Phi) is 19.8. The quantitative estimate of drug-likeness (QED) is 0.0598. The first-order valence-electron chi connectivity index (χ1n) is 24.4. The number of rotatable bonds is 11. The standard InChI is InChI=1S/C26H23ClFN5O3.C19H21ClN4.C7H4FNO4.CH3F.ClH/c27-22-14-29-26(32-24(22)20-10-8-15-4-1-2-7-19(15)20)31-17-6-3-5-16(12-17)30-25(34)21-11-9-18(33(35)36)13-23(21)28;20-17-11-22-19(23-14-6-3-5-13(21)10-14)24-18(17)16-9-8-12-4-1-2-7-15(12)16;8-6-3-4(9(12)13)1-2-5(6)7(10)11;1-2;/h1-2,4,7,9-11,13-14,16-17H,3,5-6,8,12H2,(H,30,34)(H,29,31,32);1-2,4,7,9,11,13-14H,3,5-6,8,10,21H2,(H,22,23,24);1-3H,(H,10,11);1H3;1H/t16-,17+;13-,14+;;;/m00.../s1/i;;;1D;. The molecule has 6 aromatic rings. The van der Waals surface area contributed by atoms with Gasteiger partial charge in [-0.2, -0.15) is 0 Å². The van der Waals surface area contributed by atoms with E-state index in [-0.39, 0.29) is 36.1 Å². The average Bonchev–Trinajstić information content (AvgIpc) is 4.04. The van der Waals surface area contributed by atoms with Crippen molar-refractivity contribution in [2.45, 2.75) is 88.4 Å². The molecule has 17 nitrogen and oxygen atoms in total. The highest BCUT2D eigenvalue weighted by atomic mass is 35.5. The summed E-state index contributed by atoms with van der Waals surface area (Å²) in [5.74, 6) is -2.98. The number of aromatic carboxylic acids is 1. The van der Waals surface area contributed by atoms with Crippen LogP contribution in [0.1, 0.15) is 107 Å². The van der Waals surface area contributed by atoms with Crippen molar-refractivity contribution in [3.63, 3.8) is 0 Å². The van der Waals surface area contributed by atoms with Crippen molar-refractivity contribution in [1.29, 1.82) is 0 Å². The SMILES string of the molecule is Cl.N[C@H]1CCC[C@@H](Nc2ncc(Cl)c(C3=CCc4ccccc43)n2)C1.O=C(N[C@H]1CCC[C@@H](Nc2ncc(Cl)c(C3=CCc4ccccc43)n2)C1)c1ccc([N+](=O)[O-])cc1F.O=C(O)c1ccc([N+](=O)[O-])cc1F.[2H]CF. The molecule has 0 saturated heterocycles. The van der Waals surface area contributed by atoms with Crippen LogP contribution in [0.25, 0.3) is 11.1 Å². The number of amides is 1. The van der Waals surface area contributed by atoms with Gasteiger partial charge in [0.1, 0.15) is 11.6 Å². The van der Waals surface area contributed by atoms with E-state index in [4.69, 9.17) is 45.4 Å². The summed E-state index contributed by atoms with van der Waals surface area (Å²) < 4.78 is 42.5. The van der Waals surface area contributed by atoms with Crippen molar-refractivity contribution >= 4 is 81.9 Å². The van der Waals surface area contributed by atoms with Crippen molar-refractivity contribution in [3.8, 4) is 0 Å². The summed E-state index contributed by atoms with van der Waals surface area (Å²) >= 11 is 12.9. The summed E-state index contributed by atoms with van der Waals surface area (Å²) in [6, 6.07) is 22.4. The number of nitrogens with two attached hydrogens (primary N) is 1. The van der Waals surface area contributed by atoms with Crippen LogP contribution in [-0.2, 0) is 12.8 Å². The van der Waals surface area contributed by atoms with E-state index in [1.807, 2.05) is 12.1 Å². The summed E-state index contributed by atoms with van der Waals surface area (Å²) in [5.41, 5.74) is 12.8. The highest BCUT2D eigenvalue weighted by Crippen LogP contribution is 2.37. The lowest BCUT2D eigenvalue weighted by Crippen LogP contribution is -2.42. The molecule has 398 valence electrons.